The maximum absolute atomic E-state index is 11.9. The highest BCUT2D eigenvalue weighted by atomic mass is 32.2. The summed E-state index contributed by atoms with van der Waals surface area (Å²) >= 11 is 0. The summed E-state index contributed by atoms with van der Waals surface area (Å²) in [4.78, 5) is 0. The standard InChI is InChI=1S/C10H19N3O2S/c1-4-9(5-2)8(3)13-16(14,15)10-6-7-11-12-10/h6-9,13H,4-5H2,1-3H3,(H,11,12). The number of nitrogens with one attached hydrogen (secondary N) is 2. The smallest absolute Gasteiger partial charge is 0.257 e. The quantitative estimate of drug-likeness (QED) is 0.797. The third-order valence-electron chi connectivity index (χ3n) is 2.86. The summed E-state index contributed by atoms with van der Waals surface area (Å²) < 4.78 is 26.4. The average molecular weight is 245 g/mol. The van der Waals surface area contributed by atoms with Crippen LogP contribution in [0.5, 0.6) is 0 Å². The van der Waals surface area contributed by atoms with Crippen LogP contribution in [-0.2, 0) is 10.0 Å². The highest BCUT2D eigenvalue weighted by Crippen LogP contribution is 2.15. The van der Waals surface area contributed by atoms with Crippen LogP contribution in [0, 0.1) is 5.92 Å². The number of sulfonamides is 1. The van der Waals surface area contributed by atoms with Crippen molar-refractivity contribution in [1.29, 1.82) is 0 Å². The van der Waals surface area contributed by atoms with E-state index in [0.29, 0.717) is 5.92 Å². The van der Waals surface area contributed by atoms with Crippen molar-refractivity contribution in [2.24, 2.45) is 5.92 Å². The minimum atomic E-state index is -3.45. The second kappa shape index (κ2) is 5.45. The highest BCUT2D eigenvalue weighted by Gasteiger charge is 2.22. The third-order valence-corrected chi connectivity index (χ3v) is 4.35. The zero-order valence-corrected chi connectivity index (χ0v) is 10.7. The molecule has 0 aliphatic heterocycles. The van der Waals surface area contributed by atoms with E-state index in [1.807, 2.05) is 6.92 Å². The Hall–Kier alpha value is -0.880. The van der Waals surface area contributed by atoms with Gasteiger partial charge in [-0.1, -0.05) is 26.7 Å². The molecule has 0 bridgehead atoms. The fourth-order valence-corrected chi connectivity index (χ4v) is 3.01. The first kappa shape index (κ1) is 13.2. The van der Waals surface area contributed by atoms with Gasteiger partial charge >= 0.3 is 0 Å². The van der Waals surface area contributed by atoms with Crippen LogP contribution in [0.25, 0.3) is 0 Å². The molecule has 1 unspecified atom stereocenters. The molecule has 92 valence electrons. The molecule has 16 heavy (non-hydrogen) atoms. The van der Waals surface area contributed by atoms with E-state index in [0.717, 1.165) is 12.8 Å². The lowest BCUT2D eigenvalue weighted by atomic mass is 9.96. The van der Waals surface area contributed by atoms with E-state index in [9.17, 15) is 8.42 Å². The molecule has 0 amide bonds. The molecule has 0 saturated carbocycles. The predicted molar refractivity (Wildman–Crippen MR) is 62.4 cm³/mol. The van der Waals surface area contributed by atoms with Crippen molar-refractivity contribution in [2.45, 2.75) is 44.7 Å². The van der Waals surface area contributed by atoms with Gasteiger partial charge in [0.05, 0.1) is 6.20 Å². The maximum Gasteiger partial charge on any atom is 0.257 e. The van der Waals surface area contributed by atoms with E-state index in [1.165, 1.54) is 12.3 Å². The number of hydrogen-bond acceptors (Lipinski definition) is 3. The topological polar surface area (TPSA) is 74.8 Å². The number of aromatic amines is 1. The van der Waals surface area contributed by atoms with Gasteiger partial charge in [0.2, 0.25) is 0 Å². The number of H-pyrrole nitrogens is 1. The second-order valence-electron chi connectivity index (χ2n) is 3.91. The fraction of sp³-hybridized carbons (Fsp3) is 0.700. The molecule has 6 heteroatoms. The van der Waals surface area contributed by atoms with E-state index in [2.05, 4.69) is 28.8 Å². The molecule has 0 aliphatic rings. The van der Waals surface area contributed by atoms with Gasteiger partial charge in [-0.2, -0.15) is 5.10 Å². The Bertz CT molecular complexity index is 396. The maximum atomic E-state index is 11.9. The molecule has 1 aromatic rings. The third kappa shape index (κ3) is 3.05. The normalized spacial score (nSPS) is 14.2. The number of aromatic nitrogens is 2. The van der Waals surface area contributed by atoms with Gasteiger partial charge in [0.15, 0.2) is 5.03 Å². The summed E-state index contributed by atoms with van der Waals surface area (Å²) in [5, 5.41) is 6.21. The van der Waals surface area contributed by atoms with Gasteiger partial charge in [-0.3, -0.25) is 5.10 Å². The van der Waals surface area contributed by atoms with Crippen molar-refractivity contribution in [3.05, 3.63) is 12.3 Å². The van der Waals surface area contributed by atoms with Crippen LogP contribution in [0.2, 0.25) is 0 Å². The van der Waals surface area contributed by atoms with Crippen LogP contribution < -0.4 is 4.72 Å². The fourth-order valence-electron chi connectivity index (χ4n) is 1.79. The zero-order chi connectivity index (χ0) is 12.2. The van der Waals surface area contributed by atoms with E-state index < -0.39 is 10.0 Å². The van der Waals surface area contributed by atoms with Crippen molar-refractivity contribution in [3.63, 3.8) is 0 Å². The van der Waals surface area contributed by atoms with E-state index >= 15 is 0 Å². The van der Waals surface area contributed by atoms with Crippen LogP contribution in [0.4, 0.5) is 0 Å². The molecule has 1 aromatic heterocycles. The minimum absolute atomic E-state index is 0.0664. The van der Waals surface area contributed by atoms with E-state index in [1.54, 1.807) is 0 Å². The Morgan fingerprint density at radius 3 is 2.50 bits per heavy atom. The molecule has 5 nitrogen and oxygen atoms in total. The average Bonchev–Trinajstić information content (AvgIpc) is 2.71. The Kier molecular flexibility index (Phi) is 4.49. The summed E-state index contributed by atoms with van der Waals surface area (Å²) in [5.41, 5.74) is 0. The van der Waals surface area contributed by atoms with Crippen LogP contribution in [0.15, 0.2) is 17.3 Å². The first-order chi connectivity index (χ1) is 7.51. The van der Waals surface area contributed by atoms with Crippen LogP contribution in [-0.4, -0.2) is 24.7 Å². The van der Waals surface area contributed by atoms with Gasteiger partial charge in [-0.25, -0.2) is 13.1 Å². The summed E-state index contributed by atoms with van der Waals surface area (Å²) in [6, 6.07) is 1.38. The monoisotopic (exact) mass is 245 g/mol. The van der Waals surface area contributed by atoms with Crippen molar-refractivity contribution < 1.29 is 8.42 Å². The SMILES string of the molecule is CCC(CC)C(C)NS(=O)(=O)c1ccn[nH]1. The van der Waals surface area contributed by atoms with Crippen molar-refractivity contribution in [3.8, 4) is 0 Å². The van der Waals surface area contributed by atoms with Crippen molar-refractivity contribution in [2.75, 3.05) is 0 Å². The van der Waals surface area contributed by atoms with Crippen molar-refractivity contribution in [1.82, 2.24) is 14.9 Å². The Morgan fingerprint density at radius 2 is 2.06 bits per heavy atom. The van der Waals surface area contributed by atoms with Gasteiger partial charge in [0.25, 0.3) is 10.0 Å². The van der Waals surface area contributed by atoms with Gasteiger partial charge in [0, 0.05) is 6.04 Å². The molecule has 1 atom stereocenters. The zero-order valence-electron chi connectivity index (χ0n) is 9.90. The molecule has 0 aromatic carbocycles. The highest BCUT2D eigenvalue weighted by molar-refractivity contribution is 7.89. The van der Waals surface area contributed by atoms with Crippen LogP contribution >= 0.6 is 0 Å². The lowest BCUT2D eigenvalue weighted by Gasteiger charge is -2.21. The molecule has 0 radical (unpaired) electrons. The van der Waals surface area contributed by atoms with Crippen LogP contribution in [0.3, 0.4) is 0 Å². The molecule has 0 saturated heterocycles. The molecule has 0 fully saturated rings. The van der Waals surface area contributed by atoms with Gasteiger partial charge < -0.3 is 0 Å². The molecule has 1 heterocycles. The number of rotatable bonds is 6. The molecule has 0 spiro atoms. The lowest BCUT2D eigenvalue weighted by molar-refractivity contribution is 0.390. The summed E-state index contributed by atoms with van der Waals surface area (Å²) in [6.45, 7) is 6.02. The molecule has 1 rings (SSSR count). The van der Waals surface area contributed by atoms with Gasteiger partial charge in [-0.15, -0.1) is 0 Å². The first-order valence-corrected chi connectivity index (χ1v) is 7.01. The van der Waals surface area contributed by atoms with Gasteiger partial charge in [-0.05, 0) is 18.9 Å². The predicted octanol–water partition coefficient (Wildman–Crippen LogP) is 1.51. The van der Waals surface area contributed by atoms with Crippen molar-refractivity contribution >= 4 is 10.0 Å². The van der Waals surface area contributed by atoms with E-state index in [4.69, 9.17) is 0 Å². The summed E-state index contributed by atoms with van der Waals surface area (Å²) in [5.74, 6) is 0.359. The lowest BCUT2D eigenvalue weighted by Crippen LogP contribution is -2.37. The van der Waals surface area contributed by atoms with E-state index in [-0.39, 0.29) is 11.1 Å². The molecular weight excluding hydrogens is 226 g/mol. The Balaban J connectivity index is 2.74. The number of nitrogens with zero attached hydrogens (tertiary/aromatic N) is 1. The Labute approximate surface area is 96.7 Å². The number of hydrogen-bond donors (Lipinski definition) is 2. The summed E-state index contributed by atoms with van der Waals surface area (Å²) in [6.07, 6.45) is 3.35. The molecule has 0 aliphatic carbocycles. The minimum Gasteiger partial charge on any atom is -0.266 e. The summed E-state index contributed by atoms with van der Waals surface area (Å²) in [7, 11) is -3.45. The second-order valence-corrected chi connectivity index (χ2v) is 5.59. The van der Waals surface area contributed by atoms with Crippen LogP contribution in [0.1, 0.15) is 33.6 Å². The molecular formula is C10H19N3O2S. The van der Waals surface area contributed by atoms with Gasteiger partial charge in [0.1, 0.15) is 0 Å². The Morgan fingerprint density at radius 1 is 1.44 bits per heavy atom. The first-order valence-electron chi connectivity index (χ1n) is 5.53. The molecule has 2 N–H and O–H groups in total. The largest absolute Gasteiger partial charge is 0.266 e.